The monoisotopic (exact) mass is 508 g/mol. The molecule has 0 radical (unpaired) electrons. The average molecular weight is 509 g/mol. The zero-order valence-corrected chi connectivity index (χ0v) is 22.8. The van der Waals surface area contributed by atoms with Crippen LogP contribution in [-0.4, -0.2) is 54.3 Å². The van der Waals surface area contributed by atoms with Crippen molar-refractivity contribution in [3.05, 3.63) is 52.5 Å². The smallest absolute Gasteiger partial charge is 0.379 e. The van der Waals surface area contributed by atoms with Gasteiger partial charge in [0.15, 0.2) is 0 Å². The standard InChI is InChI=1S/C26H37F3N4O.C2H6/c1-5-7-21(4)25-30-23(26(27,28)29)17-24(31-25)33(9-6-8-32-10-12-34-13-11-32)18-22-15-19(2)14-20(3)16-22;1-2/h14-17,21H,5-13,18H2,1-4H3;1-2H3. The molecule has 3 rings (SSSR count). The van der Waals surface area contributed by atoms with Gasteiger partial charge in [-0.25, -0.2) is 9.97 Å². The molecule has 202 valence electrons. The molecule has 1 unspecified atom stereocenters. The lowest BCUT2D eigenvalue weighted by molar-refractivity contribution is -0.141. The summed E-state index contributed by atoms with van der Waals surface area (Å²) in [6.07, 6.45) is -2.08. The van der Waals surface area contributed by atoms with Crippen LogP contribution in [0.3, 0.4) is 0 Å². The van der Waals surface area contributed by atoms with E-state index in [1.54, 1.807) is 0 Å². The van der Waals surface area contributed by atoms with Crippen LogP contribution in [0.15, 0.2) is 24.3 Å². The number of nitrogens with zero attached hydrogens (tertiary/aromatic N) is 4. The molecule has 0 saturated carbocycles. The van der Waals surface area contributed by atoms with Crippen LogP contribution in [0.2, 0.25) is 0 Å². The van der Waals surface area contributed by atoms with E-state index in [2.05, 4.69) is 33.1 Å². The van der Waals surface area contributed by atoms with Gasteiger partial charge in [-0.3, -0.25) is 4.90 Å². The Kier molecular flexibility index (Phi) is 12.1. The van der Waals surface area contributed by atoms with Gasteiger partial charge in [0.25, 0.3) is 0 Å². The number of alkyl halides is 3. The third-order valence-corrected chi connectivity index (χ3v) is 6.17. The molecule has 8 heteroatoms. The number of halogens is 3. The van der Waals surface area contributed by atoms with Crippen LogP contribution in [0, 0.1) is 13.8 Å². The molecule has 1 aliphatic heterocycles. The predicted molar refractivity (Wildman–Crippen MR) is 141 cm³/mol. The van der Waals surface area contributed by atoms with E-state index in [1.165, 1.54) is 0 Å². The highest BCUT2D eigenvalue weighted by Crippen LogP contribution is 2.32. The van der Waals surface area contributed by atoms with Gasteiger partial charge in [0, 0.05) is 44.7 Å². The molecular formula is C28H43F3N4O. The van der Waals surface area contributed by atoms with E-state index in [-0.39, 0.29) is 11.7 Å². The van der Waals surface area contributed by atoms with E-state index in [0.717, 1.165) is 74.9 Å². The summed E-state index contributed by atoms with van der Waals surface area (Å²) in [4.78, 5) is 12.9. The molecule has 2 heterocycles. The van der Waals surface area contributed by atoms with Gasteiger partial charge in [0.1, 0.15) is 17.3 Å². The number of benzene rings is 1. The van der Waals surface area contributed by atoms with E-state index in [9.17, 15) is 13.2 Å². The Morgan fingerprint density at radius 3 is 2.25 bits per heavy atom. The summed E-state index contributed by atoms with van der Waals surface area (Å²) in [6, 6.07) is 7.39. The van der Waals surface area contributed by atoms with Crippen LogP contribution >= 0.6 is 0 Å². The summed E-state index contributed by atoms with van der Waals surface area (Å²) in [6.45, 7) is 17.2. The number of anilines is 1. The number of hydrogen-bond acceptors (Lipinski definition) is 5. The highest BCUT2D eigenvalue weighted by atomic mass is 19.4. The number of aryl methyl sites for hydroxylation is 2. The van der Waals surface area contributed by atoms with Gasteiger partial charge in [-0.05, 0) is 32.3 Å². The Morgan fingerprint density at radius 1 is 1.03 bits per heavy atom. The van der Waals surface area contributed by atoms with Gasteiger partial charge in [-0.2, -0.15) is 13.2 Å². The van der Waals surface area contributed by atoms with Crippen LogP contribution in [0.4, 0.5) is 19.0 Å². The largest absolute Gasteiger partial charge is 0.433 e. The molecule has 0 N–H and O–H groups in total. The van der Waals surface area contributed by atoms with Crippen LogP contribution in [-0.2, 0) is 17.5 Å². The van der Waals surface area contributed by atoms with E-state index in [1.807, 2.05) is 46.4 Å². The molecule has 1 fully saturated rings. The summed E-state index contributed by atoms with van der Waals surface area (Å²) in [5.41, 5.74) is 2.48. The zero-order valence-electron chi connectivity index (χ0n) is 22.8. The first-order valence-corrected chi connectivity index (χ1v) is 13.2. The number of aromatic nitrogens is 2. The molecule has 0 aliphatic carbocycles. The number of ether oxygens (including phenoxy) is 1. The Labute approximate surface area is 215 Å². The van der Waals surface area contributed by atoms with Crippen LogP contribution < -0.4 is 4.90 Å². The fourth-order valence-electron chi connectivity index (χ4n) is 4.51. The second-order valence-electron chi connectivity index (χ2n) is 9.38. The minimum atomic E-state index is -4.52. The maximum absolute atomic E-state index is 13.8. The van der Waals surface area contributed by atoms with Crippen LogP contribution in [0.1, 0.15) is 81.1 Å². The van der Waals surface area contributed by atoms with Gasteiger partial charge in [-0.15, -0.1) is 0 Å². The summed E-state index contributed by atoms with van der Waals surface area (Å²) in [5, 5.41) is 0. The van der Waals surface area contributed by atoms with Crippen molar-refractivity contribution in [2.45, 2.75) is 79.4 Å². The predicted octanol–water partition coefficient (Wildman–Crippen LogP) is 6.77. The second kappa shape index (κ2) is 14.5. The Balaban J connectivity index is 0.00000222. The molecule has 0 bridgehead atoms. The normalized spacial score (nSPS) is 15.2. The minimum Gasteiger partial charge on any atom is -0.379 e. The first kappa shape index (κ1) is 30.0. The van der Waals surface area contributed by atoms with E-state index < -0.39 is 11.9 Å². The SMILES string of the molecule is CC.CCCC(C)c1nc(N(CCCN2CCOCC2)Cc2cc(C)cc(C)c2)cc(C(F)(F)F)n1. The molecule has 1 saturated heterocycles. The van der Waals surface area contributed by atoms with Crippen molar-refractivity contribution in [1.29, 1.82) is 0 Å². The topological polar surface area (TPSA) is 41.5 Å². The molecule has 1 aromatic carbocycles. The van der Waals surface area contributed by atoms with Crippen LogP contribution in [0.25, 0.3) is 0 Å². The van der Waals surface area contributed by atoms with Crippen molar-refractivity contribution < 1.29 is 17.9 Å². The number of rotatable bonds is 10. The third kappa shape index (κ3) is 9.36. The number of morpholine rings is 1. The fourth-order valence-corrected chi connectivity index (χ4v) is 4.51. The fraction of sp³-hybridized carbons (Fsp3) is 0.643. The first-order chi connectivity index (χ1) is 17.2. The summed E-state index contributed by atoms with van der Waals surface area (Å²) < 4.78 is 46.7. The van der Waals surface area contributed by atoms with Crippen molar-refractivity contribution in [2.75, 3.05) is 44.3 Å². The summed E-state index contributed by atoms with van der Waals surface area (Å²) in [5.74, 6) is 0.481. The lowest BCUT2D eigenvalue weighted by atomic mass is 10.1. The van der Waals surface area contributed by atoms with Gasteiger partial charge < -0.3 is 9.64 Å². The van der Waals surface area contributed by atoms with Gasteiger partial charge in [0.2, 0.25) is 0 Å². The van der Waals surface area contributed by atoms with Gasteiger partial charge in [-0.1, -0.05) is 63.4 Å². The maximum atomic E-state index is 13.8. The summed E-state index contributed by atoms with van der Waals surface area (Å²) in [7, 11) is 0. The van der Waals surface area contributed by atoms with Crippen molar-refractivity contribution in [3.63, 3.8) is 0 Å². The van der Waals surface area contributed by atoms with Crippen molar-refractivity contribution in [3.8, 4) is 0 Å². The molecule has 1 atom stereocenters. The molecule has 1 aromatic heterocycles. The van der Waals surface area contributed by atoms with Crippen molar-refractivity contribution in [2.24, 2.45) is 0 Å². The van der Waals surface area contributed by atoms with E-state index >= 15 is 0 Å². The minimum absolute atomic E-state index is 0.137. The highest BCUT2D eigenvalue weighted by molar-refractivity contribution is 5.43. The molecule has 2 aromatic rings. The maximum Gasteiger partial charge on any atom is 0.433 e. The molecule has 5 nitrogen and oxygen atoms in total. The van der Waals surface area contributed by atoms with E-state index in [0.29, 0.717) is 18.9 Å². The zero-order chi connectivity index (χ0) is 26.7. The van der Waals surface area contributed by atoms with Crippen molar-refractivity contribution in [1.82, 2.24) is 14.9 Å². The summed E-state index contributed by atoms with van der Waals surface area (Å²) >= 11 is 0. The van der Waals surface area contributed by atoms with Crippen molar-refractivity contribution >= 4 is 5.82 Å². The van der Waals surface area contributed by atoms with Gasteiger partial charge >= 0.3 is 6.18 Å². The number of hydrogen-bond donors (Lipinski definition) is 0. The third-order valence-electron chi connectivity index (χ3n) is 6.17. The molecular weight excluding hydrogens is 465 g/mol. The highest BCUT2D eigenvalue weighted by Gasteiger charge is 2.34. The van der Waals surface area contributed by atoms with Crippen LogP contribution in [0.5, 0.6) is 0 Å². The Bertz CT molecular complexity index is 909. The first-order valence-electron chi connectivity index (χ1n) is 13.2. The molecule has 1 aliphatic rings. The lowest BCUT2D eigenvalue weighted by Gasteiger charge is -2.29. The average Bonchev–Trinajstić information content (AvgIpc) is 2.84. The Hall–Kier alpha value is -2.19. The van der Waals surface area contributed by atoms with E-state index in [4.69, 9.17) is 4.74 Å². The molecule has 0 spiro atoms. The lowest BCUT2D eigenvalue weighted by Crippen LogP contribution is -2.38. The molecule has 36 heavy (non-hydrogen) atoms. The second-order valence-corrected chi connectivity index (χ2v) is 9.38. The molecule has 0 amide bonds. The Morgan fingerprint density at radius 2 is 1.67 bits per heavy atom. The quantitative estimate of drug-likeness (QED) is 0.354. The van der Waals surface area contributed by atoms with Gasteiger partial charge in [0.05, 0.1) is 13.2 Å².